The normalized spacial score (nSPS) is 20.1. The average Bonchev–Trinajstić information content (AvgIpc) is 3.05. The van der Waals surface area contributed by atoms with E-state index < -0.39 is 18.5 Å². The van der Waals surface area contributed by atoms with Gasteiger partial charge >= 0.3 is 27.3 Å². The summed E-state index contributed by atoms with van der Waals surface area (Å²) in [5.74, 6) is -0.847. The Morgan fingerprint density at radius 2 is 2.38 bits per heavy atom. The lowest BCUT2D eigenvalue weighted by atomic mass is 9.69. The van der Waals surface area contributed by atoms with Crippen LogP contribution >= 0.6 is 15.9 Å². The molecule has 2 saturated heterocycles. The highest BCUT2D eigenvalue weighted by Gasteiger charge is 2.51. The first-order chi connectivity index (χ1) is 11.5. The van der Waals surface area contributed by atoms with Crippen molar-refractivity contribution in [2.24, 2.45) is 0 Å². The van der Waals surface area contributed by atoms with Gasteiger partial charge in [0.2, 0.25) is 11.1 Å². The summed E-state index contributed by atoms with van der Waals surface area (Å²) >= 11 is 3.18. The Morgan fingerprint density at radius 1 is 1.54 bits per heavy atom. The molecule has 4 heterocycles. The van der Waals surface area contributed by atoms with Crippen LogP contribution in [0.25, 0.3) is 5.65 Å². The first kappa shape index (κ1) is 15.9. The Morgan fingerprint density at radius 3 is 3.21 bits per heavy atom. The monoisotopic (exact) mass is 393 g/mol. The van der Waals surface area contributed by atoms with Crippen LogP contribution in [-0.4, -0.2) is 48.5 Å². The summed E-state index contributed by atoms with van der Waals surface area (Å²) < 4.78 is 23.6. The minimum Gasteiger partial charge on any atom is -0.462 e. The van der Waals surface area contributed by atoms with Gasteiger partial charge in [0.1, 0.15) is 10.2 Å². The van der Waals surface area contributed by atoms with Crippen LogP contribution in [0.15, 0.2) is 21.8 Å². The van der Waals surface area contributed by atoms with E-state index in [1.54, 1.807) is 13.0 Å². The van der Waals surface area contributed by atoms with Gasteiger partial charge in [0, 0.05) is 12.0 Å². The molecule has 2 aliphatic heterocycles. The summed E-state index contributed by atoms with van der Waals surface area (Å²) in [6.45, 7) is 1.87. The molecule has 4 rings (SSSR count). The van der Waals surface area contributed by atoms with Gasteiger partial charge < -0.3 is 18.5 Å². The van der Waals surface area contributed by atoms with Crippen molar-refractivity contribution in [3.8, 4) is 0 Å². The molecule has 2 aromatic heterocycles. The Hall–Kier alpha value is -1.56. The van der Waals surface area contributed by atoms with E-state index in [0.29, 0.717) is 10.9 Å². The molecular formula is C11H11B3BrN3O6. The minimum absolute atomic E-state index is 0.0822. The zero-order valence-corrected chi connectivity index (χ0v) is 14.2. The van der Waals surface area contributed by atoms with E-state index in [1.807, 2.05) is 0 Å². The lowest BCUT2D eigenvalue weighted by Gasteiger charge is -2.23. The molecule has 9 nitrogen and oxygen atoms in total. The number of carbonyl (C=O) groups is 1. The molecule has 2 bridgehead atoms. The molecule has 0 aliphatic carbocycles. The standard InChI is InChI=1S/C11H11B3BrN3O6/c1-12-22-13-2-6(14(23-12)24-13)5-21-11(20)7-3-16-18-4-8(15)17-10(18)9(7)19/h3-4,6,16H,2,5H2,1H3. The molecule has 13 heteroatoms. The number of aromatic nitrogens is 3. The summed E-state index contributed by atoms with van der Waals surface area (Å²) in [7, 11) is -1.15. The topological polar surface area (TPSA) is 104 Å². The van der Waals surface area contributed by atoms with Crippen molar-refractivity contribution in [1.82, 2.24) is 14.6 Å². The zero-order valence-electron chi connectivity index (χ0n) is 12.6. The second-order valence-corrected chi connectivity index (χ2v) is 6.45. The highest BCUT2D eigenvalue weighted by molar-refractivity contribution is 9.10. The molecule has 0 amide bonds. The minimum atomic E-state index is -0.715. The SMILES string of the molecule is CB1OB2CC(COC(=O)c3c[nH]n4cc(Br)nc4c3=O)B(O1)O2. The Labute approximate surface area is 145 Å². The largest absolute Gasteiger partial charge is 0.462 e. The van der Waals surface area contributed by atoms with Gasteiger partial charge in [-0.3, -0.25) is 9.89 Å². The van der Waals surface area contributed by atoms with E-state index in [4.69, 9.17) is 18.5 Å². The fourth-order valence-corrected chi connectivity index (χ4v) is 3.20. The van der Waals surface area contributed by atoms with Crippen molar-refractivity contribution < 1.29 is 23.2 Å². The first-order valence-corrected chi connectivity index (χ1v) is 8.20. The number of carbonyl (C=O) groups excluding carboxylic acids is 1. The van der Waals surface area contributed by atoms with Gasteiger partial charge in [0.15, 0.2) is 0 Å². The van der Waals surface area contributed by atoms with Gasteiger partial charge in [-0.25, -0.2) is 14.3 Å². The third-order valence-electron chi connectivity index (χ3n) is 3.96. The molecule has 2 aliphatic rings. The van der Waals surface area contributed by atoms with Crippen molar-refractivity contribution in [3.63, 3.8) is 0 Å². The summed E-state index contributed by atoms with van der Waals surface area (Å²) in [5.41, 5.74) is -0.492. The van der Waals surface area contributed by atoms with Gasteiger partial charge in [0.25, 0.3) is 0 Å². The molecule has 0 radical (unpaired) electrons. The Kier molecular flexibility index (Phi) is 4.03. The summed E-state index contributed by atoms with van der Waals surface area (Å²) in [6.07, 6.45) is 3.46. The lowest BCUT2D eigenvalue weighted by Crippen LogP contribution is -2.42. The van der Waals surface area contributed by atoms with Crippen molar-refractivity contribution in [3.05, 3.63) is 32.8 Å². The molecule has 0 saturated carbocycles. The number of aromatic amines is 1. The molecule has 0 spiro atoms. The lowest BCUT2D eigenvalue weighted by molar-refractivity contribution is 0.0499. The Bertz CT molecular complexity index is 859. The molecule has 2 aromatic rings. The number of nitrogens with one attached hydrogen (secondary N) is 1. The van der Waals surface area contributed by atoms with E-state index in [-0.39, 0.29) is 37.9 Å². The van der Waals surface area contributed by atoms with Crippen LogP contribution < -0.4 is 5.43 Å². The van der Waals surface area contributed by atoms with Crippen LogP contribution in [0.1, 0.15) is 10.4 Å². The molecule has 24 heavy (non-hydrogen) atoms. The zero-order chi connectivity index (χ0) is 16.8. The molecule has 122 valence electrons. The van der Waals surface area contributed by atoms with Gasteiger partial charge in [-0.1, -0.05) is 0 Å². The third-order valence-corrected chi connectivity index (χ3v) is 4.34. The number of fused-ring (bicyclic) bond motifs is 3. The number of hydrogen-bond acceptors (Lipinski definition) is 7. The van der Waals surface area contributed by atoms with Crippen LogP contribution in [0.4, 0.5) is 0 Å². The molecule has 2 fully saturated rings. The summed E-state index contributed by atoms with van der Waals surface area (Å²) in [6, 6.07) is 0. The maximum Gasteiger partial charge on any atom is 0.435 e. The number of esters is 1. The van der Waals surface area contributed by atoms with Crippen molar-refractivity contribution in [1.29, 1.82) is 0 Å². The Balaban J connectivity index is 1.47. The summed E-state index contributed by atoms with van der Waals surface area (Å²) in [4.78, 5) is 28.6. The molecule has 1 N–H and O–H groups in total. The molecular weight excluding hydrogens is 382 g/mol. The van der Waals surface area contributed by atoms with Crippen LogP contribution in [0.2, 0.25) is 19.0 Å². The van der Waals surface area contributed by atoms with Crippen molar-refractivity contribution in [2.75, 3.05) is 6.61 Å². The molecule has 1 atom stereocenters. The quantitative estimate of drug-likeness (QED) is 0.597. The maximum atomic E-state index is 12.3. The fraction of sp³-hybridized carbons (Fsp3) is 0.364. The molecule has 1 unspecified atom stereocenters. The van der Waals surface area contributed by atoms with Crippen molar-refractivity contribution in [2.45, 2.75) is 19.0 Å². The summed E-state index contributed by atoms with van der Waals surface area (Å²) in [5, 5.41) is 2.79. The van der Waals surface area contributed by atoms with Crippen LogP contribution in [0.5, 0.6) is 0 Å². The van der Waals surface area contributed by atoms with Crippen molar-refractivity contribution >= 4 is 48.9 Å². The number of halogens is 1. The van der Waals surface area contributed by atoms with E-state index in [2.05, 4.69) is 26.0 Å². The van der Waals surface area contributed by atoms with Gasteiger partial charge in [0.05, 0.1) is 12.8 Å². The maximum absolute atomic E-state index is 12.3. The van der Waals surface area contributed by atoms with E-state index >= 15 is 0 Å². The molecule has 0 aromatic carbocycles. The van der Waals surface area contributed by atoms with E-state index in [0.717, 1.165) is 0 Å². The smallest absolute Gasteiger partial charge is 0.435 e. The van der Waals surface area contributed by atoms with Crippen LogP contribution in [0, 0.1) is 0 Å². The number of rotatable bonds is 3. The van der Waals surface area contributed by atoms with Gasteiger partial charge in [-0.2, -0.15) is 0 Å². The first-order valence-electron chi connectivity index (χ1n) is 7.41. The van der Waals surface area contributed by atoms with Gasteiger partial charge in [-0.15, -0.1) is 0 Å². The van der Waals surface area contributed by atoms with Crippen LogP contribution in [0.3, 0.4) is 0 Å². The predicted octanol–water partition coefficient (Wildman–Crippen LogP) is 0.483. The van der Waals surface area contributed by atoms with Crippen LogP contribution in [-0.2, 0) is 18.5 Å². The highest BCUT2D eigenvalue weighted by atomic mass is 79.9. The second kappa shape index (κ2) is 6.06. The average molecular weight is 394 g/mol. The number of H-pyrrole nitrogens is 1. The third kappa shape index (κ3) is 2.81. The van der Waals surface area contributed by atoms with Gasteiger partial charge in [-0.05, 0) is 29.1 Å². The van der Waals surface area contributed by atoms with E-state index in [9.17, 15) is 9.59 Å². The number of nitrogens with zero attached hydrogens (tertiary/aromatic N) is 2. The predicted molar refractivity (Wildman–Crippen MR) is 88.7 cm³/mol. The number of ether oxygens (including phenoxy) is 1. The number of hydrogen-bond donors (Lipinski definition) is 1. The second-order valence-electron chi connectivity index (χ2n) is 5.64. The number of imidazole rings is 1. The highest BCUT2D eigenvalue weighted by Crippen LogP contribution is 2.33. The fourth-order valence-electron chi connectivity index (χ4n) is 2.83. The van der Waals surface area contributed by atoms with E-state index in [1.165, 1.54) is 10.7 Å².